The lowest BCUT2D eigenvalue weighted by Gasteiger charge is -2.13. The van der Waals surface area contributed by atoms with Gasteiger partial charge in [-0.1, -0.05) is 6.08 Å². The van der Waals surface area contributed by atoms with Gasteiger partial charge < -0.3 is 14.8 Å². The summed E-state index contributed by atoms with van der Waals surface area (Å²) in [5.41, 5.74) is 3.60. The maximum Gasteiger partial charge on any atom is 0.187 e. The highest BCUT2D eigenvalue weighted by Crippen LogP contribution is 2.28. The van der Waals surface area contributed by atoms with Gasteiger partial charge in [0.2, 0.25) is 0 Å². The van der Waals surface area contributed by atoms with E-state index in [9.17, 15) is 0 Å². The zero-order chi connectivity index (χ0) is 15.7. The van der Waals surface area contributed by atoms with E-state index in [0.29, 0.717) is 23.2 Å². The summed E-state index contributed by atoms with van der Waals surface area (Å²) in [7, 11) is 1.61. The minimum absolute atomic E-state index is 0.0911. The van der Waals surface area contributed by atoms with Crippen LogP contribution >= 0.6 is 12.2 Å². The number of rotatable bonds is 7. The van der Waals surface area contributed by atoms with Gasteiger partial charge in [0, 0.05) is 6.54 Å². The zero-order valence-electron chi connectivity index (χ0n) is 12.6. The second kappa shape index (κ2) is 8.97. The van der Waals surface area contributed by atoms with Crippen LogP contribution in [-0.4, -0.2) is 31.1 Å². The van der Waals surface area contributed by atoms with E-state index in [0.717, 1.165) is 5.56 Å². The Balaban J connectivity index is 2.67. The first-order chi connectivity index (χ1) is 10.1. The Morgan fingerprint density at radius 1 is 1.43 bits per heavy atom. The van der Waals surface area contributed by atoms with Gasteiger partial charge in [0.1, 0.15) is 0 Å². The van der Waals surface area contributed by atoms with Crippen molar-refractivity contribution in [3.63, 3.8) is 0 Å². The van der Waals surface area contributed by atoms with Crippen LogP contribution < -0.4 is 20.2 Å². The van der Waals surface area contributed by atoms with Crippen molar-refractivity contribution in [2.45, 2.75) is 20.0 Å². The highest BCUT2D eigenvalue weighted by molar-refractivity contribution is 7.80. The minimum atomic E-state index is 0.0911. The van der Waals surface area contributed by atoms with Crippen molar-refractivity contribution < 1.29 is 9.47 Å². The average molecular weight is 307 g/mol. The molecule has 6 heteroatoms. The smallest absolute Gasteiger partial charge is 0.187 e. The topological polar surface area (TPSA) is 54.9 Å². The van der Waals surface area contributed by atoms with E-state index in [1.807, 2.05) is 32.0 Å². The SMILES string of the molecule is C=CCNC(=S)N/N=C/c1ccc(OC(C)C)c(OC)c1. The predicted octanol–water partition coefficient (Wildman–Crippen LogP) is 2.47. The Morgan fingerprint density at radius 2 is 2.19 bits per heavy atom. The van der Waals surface area contributed by atoms with E-state index in [1.165, 1.54) is 0 Å². The summed E-state index contributed by atoms with van der Waals surface area (Å²) in [6, 6.07) is 5.60. The molecule has 2 N–H and O–H groups in total. The predicted molar refractivity (Wildman–Crippen MR) is 90.3 cm³/mol. The van der Waals surface area contributed by atoms with Crippen molar-refractivity contribution in [3.05, 3.63) is 36.4 Å². The van der Waals surface area contributed by atoms with Gasteiger partial charge in [-0.2, -0.15) is 5.10 Å². The van der Waals surface area contributed by atoms with Crippen LogP contribution in [0, 0.1) is 0 Å². The summed E-state index contributed by atoms with van der Waals surface area (Å²) in [5.74, 6) is 1.38. The molecular formula is C15H21N3O2S. The number of benzene rings is 1. The van der Waals surface area contributed by atoms with E-state index >= 15 is 0 Å². The summed E-state index contributed by atoms with van der Waals surface area (Å²) in [6.45, 7) is 8.12. The molecule has 1 aromatic rings. The summed E-state index contributed by atoms with van der Waals surface area (Å²) in [4.78, 5) is 0. The second-order valence-corrected chi connectivity index (χ2v) is 4.85. The Labute approximate surface area is 131 Å². The van der Waals surface area contributed by atoms with Gasteiger partial charge in [-0.15, -0.1) is 6.58 Å². The van der Waals surface area contributed by atoms with E-state index in [-0.39, 0.29) is 6.10 Å². The summed E-state index contributed by atoms with van der Waals surface area (Å²) in [6.07, 6.45) is 3.47. The maximum absolute atomic E-state index is 5.65. The van der Waals surface area contributed by atoms with Crippen LogP contribution in [0.2, 0.25) is 0 Å². The number of hydrazone groups is 1. The molecule has 1 rings (SSSR count). The van der Waals surface area contributed by atoms with Gasteiger partial charge >= 0.3 is 0 Å². The molecule has 0 radical (unpaired) electrons. The van der Waals surface area contributed by atoms with E-state index in [2.05, 4.69) is 22.4 Å². The molecule has 0 aromatic heterocycles. The van der Waals surface area contributed by atoms with E-state index in [1.54, 1.807) is 19.4 Å². The van der Waals surface area contributed by atoms with Crippen molar-refractivity contribution in [2.24, 2.45) is 5.10 Å². The van der Waals surface area contributed by atoms with Gasteiger partial charge in [0.05, 0.1) is 19.4 Å². The third-order valence-electron chi connectivity index (χ3n) is 2.34. The van der Waals surface area contributed by atoms with Gasteiger partial charge in [0.25, 0.3) is 0 Å². The summed E-state index contributed by atoms with van der Waals surface area (Å²) in [5, 5.41) is 7.41. The molecule has 5 nitrogen and oxygen atoms in total. The molecule has 0 aliphatic heterocycles. The monoisotopic (exact) mass is 307 g/mol. The minimum Gasteiger partial charge on any atom is -0.493 e. The number of nitrogens with one attached hydrogen (secondary N) is 2. The normalized spacial score (nSPS) is 10.5. The van der Waals surface area contributed by atoms with Crippen LogP contribution in [0.3, 0.4) is 0 Å². The zero-order valence-corrected chi connectivity index (χ0v) is 13.4. The molecular weight excluding hydrogens is 286 g/mol. The Bertz CT molecular complexity index is 516. The molecule has 0 aliphatic rings. The van der Waals surface area contributed by atoms with E-state index < -0.39 is 0 Å². The number of hydrogen-bond donors (Lipinski definition) is 2. The van der Waals surface area contributed by atoms with Gasteiger partial charge in [-0.05, 0) is 49.8 Å². The molecule has 1 aromatic carbocycles. The summed E-state index contributed by atoms with van der Waals surface area (Å²) < 4.78 is 11.0. The van der Waals surface area contributed by atoms with Crippen molar-refractivity contribution in [3.8, 4) is 11.5 Å². The number of ether oxygens (including phenoxy) is 2. The quantitative estimate of drug-likeness (QED) is 0.351. The molecule has 0 heterocycles. The molecule has 0 spiro atoms. The molecule has 0 amide bonds. The lowest BCUT2D eigenvalue weighted by molar-refractivity contribution is 0.230. The van der Waals surface area contributed by atoms with Gasteiger partial charge in [-0.25, -0.2) is 0 Å². The average Bonchev–Trinajstić information content (AvgIpc) is 2.46. The first-order valence-electron chi connectivity index (χ1n) is 6.59. The van der Waals surface area contributed by atoms with E-state index in [4.69, 9.17) is 21.7 Å². The van der Waals surface area contributed by atoms with Crippen molar-refractivity contribution in [1.82, 2.24) is 10.7 Å². The lowest BCUT2D eigenvalue weighted by atomic mass is 10.2. The molecule has 0 unspecified atom stereocenters. The van der Waals surface area contributed by atoms with Crippen molar-refractivity contribution >= 4 is 23.5 Å². The maximum atomic E-state index is 5.65. The number of nitrogens with zero attached hydrogens (tertiary/aromatic N) is 1. The molecule has 0 fully saturated rings. The first kappa shape index (κ1) is 17.0. The van der Waals surface area contributed by atoms with Crippen molar-refractivity contribution in [2.75, 3.05) is 13.7 Å². The summed E-state index contributed by atoms with van der Waals surface area (Å²) >= 11 is 5.02. The third-order valence-corrected chi connectivity index (χ3v) is 2.57. The van der Waals surface area contributed by atoms with Gasteiger partial charge in [0.15, 0.2) is 16.6 Å². The molecule has 0 aliphatic carbocycles. The number of methoxy groups -OCH3 is 1. The Hall–Kier alpha value is -2.08. The molecule has 0 saturated heterocycles. The molecule has 0 atom stereocenters. The standard InChI is InChI=1S/C15H21N3O2S/c1-5-8-16-15(21)18-17-10-12-6-7-13(20-11(2)3)14(9-12)19-4/h5-7,9-11H,1,8H2,2-4H3,(H2,16,18,21)/b17-10+. The van der Waals surface area contributed by atoms with Crippen LogP contribution in [-0.2, 0) is 0 Å². The Morgan fingerprint density at radius 3 is 2.81 bits per heavy atom. The fourth-order valence-corrected chi connectivity index (χ4v) is 1.62. The van der Waals surface area contributed by atoms with Crippen LogP contribution in [0.1, 0.15) is 19.4 Å². The van der Waals surface area contributed by atoms with Crippen LogP contribution in [0.4, 0.5) is 0 Å². The second-order valence-electron chi connectivity index (χ2n) is 4.45. The van der Waals surface area contributed by atoms with Crippen molar-refractivity contribution in [1.29, 1.82) is 0 Å². The number of thiocarbonyl (C=S) groups is 1. The van der Waals surface area contributed by atoms with Crippen LogP contribution in [0.5, 0.6) is 11.5 Å². The molecule has 114 valence electrons. The molecule has 21 heavy (non-hydrogen) atoms. The largest absolute Gasteiger partial charge is 0.493 e. The third kappa shape index (κ3) is 6.27. The highest BCUT2D eigenvalue weighted by Gasteiger charge is 2.06. The molecule has 0 bridgehead atoms. The Kier molecular flexibility index (Phi) is 7.25. The fraction of sp³-hybridized carbons (Fsp3) is 0.333. The highest BCUT2D eigenvalue weighted by atomic mass is 32.1. The van der Waals surface area contributed by atoms with Crippen LogP contribution in [0.15, 0.2) is 36.0 Å². The lowest BCUT2D eigenvalue weighted by Crippen LogP contribution is -2.31. The fourth-order valence-electron chi connectivity index (χ4n) is 1.49. The van der Waals surface area contributed by atoms with Crippen LogP contribution in [0.25, 0.3) is 0 Å². The number of hydrogen-bond acceptors (Lipinski definition) is 4. The first-order valence-corrected chi connectivity index (χ1v) is 7.00. The van der Waals surface area contributed by atoms with Gasteiger partial charge in [-0.3, -0.25) is 5.43 Å². The molecule has 0 saturated carbocycles.